The van der Waals surface area contributed by atoms with Crippen molar-refractivity contribution in [2.45, 2.75) is 13.0 Å². The fourth-order valence-corrected chi connectivity index (χ4v) is 3.07. The van der Waals surface area contributed by atoms with Gasteiger partial charge in [0, 0.05) is 22.5 Å². The largest absolute Gasteiger partial charge is 0.350 e. The summed E-state index contributed by atoms with van der Waals surface area (Å²) in [6.45, 7) is 2.60. The maximum absolute atomic E-state index is 12.5. The standard InChI is InChI=1S/C20H22ClN3O/c1-13-4-6-14(7-5-13)19(24(2)3)12-22-20(25)18-10-15-8-9-16(21)11-17(15)23-18/h4-11,19,23H,12H2,1-3H3,(H,22,25). The van der Waals surface area contributed by atoms with Crippen molar-refractivity contribution in [2.75, 3.05) is 20.6 Å². The Bertz CT molecular complexity index is 884. The van der Waals surface area contributed by atoms with Crippen molar-refractivity contribution in [3.63, 3.8) is 0 Å². The number of aryl methyl sites for hydroxylation is 1. The van der Waals surface area contributed by atoms with Gasteiger partial charge in [0.05, 0.1) is 6.04 Å². The molecule has 0 saturated heterocycles. The summed E-state index contributed by atoms with van der Waals surface area (Å²) < 4.78 is 0. The van der Waals surface area contributed by atoms with Crippen LogP contribution in [0, 0.1) is 6.92 Å². The second-order valence-corrected chi connectivity index (χ2v) is 6.95. The van der Waals surface area contributed by atoms with Gasteiger partial charge < -0.3 is 15.2 Å². The third-order valence-corrected chi connectivity index (χ3v) is 4.61. The van der Waals surface area contributed by atoms with Crippen LogP contribution in [0.1, 0.15) is 27.7 Å². The van der Waals surface area contributed by atoms with Crippen molar-refractivity contribution >= 4 is 28.4 Å². The van der Waals surface area contributed by atoms with Crippen molar-refractivity contribution in [1.82, 2.24) is 15.2 Å². The van der Waals surface area contributed by atoms with Crippen LogP contribution in [0.3, 0.4) is 0 Å². The summed E-state index contributed by atoms with van der Waals surface area (Å²) in [4.78, 5) is 17.8. The van der Waals surface area contributed by atoms with E-state index in [0.29, 0.717) is 17.3 Å². The number of halogens is 1. The molecule has 0 spiro atoms. The van der Waals surface area contributed by atoms with E-state index in [4.69, 9.17) is 11.6 Å². The van der Waals surface area contributed by atoms with Gasteiger partial charge in [-0.25, -0.2) is 0 Å². The minimum Gasteiger partial charge on any atom is -0.350 e. The van der Waals surface area contributed by atoms with E-state index in [1.807, 2.05) is 38.4 Å². The lowest BCUT2D eigenvalue weighted by Gasteiger charge is -2.25. The molecular weight excluding hydrogens is 334 g/mol. The van der Waals surface area contributed by atoms with Crippen LogP contribution in [0.2, 0.25) is 5.02 Å². The molecule has 0 aliphatic rings. The Morgan fingerprint density at radius 2 is 1.88 bits per heavy atom. The first-order chi connectivity index (χ1) is 11.9. The number of hydrogen-bond donors (Lipinski definition) is 2. The Kier molecular flexibility index (Phi) is 5.11. The van der Waals surface area contributed by atoms with Gasteiger partial charge in [-0.05, 0) is 44.8 Å². The molecule has 25 heavy (non-hydrogen) atoms. The zero-order chi connectivity index (χ0) is 18.0. The first-order valence-corrected chi connectivity index (χ1v) is 8.61. The molecule has 2 N–H and O–H groups in total. The highest BCUT2D eigenvalue weighted by Gasteiger charge is 2.16. The van der Waals surface area contributed by atoms with Crippen LogP contribution in [-0.4, -0.2) is 36.4 Å². The molecule has 3 rings (SSSR count). The van der Waals surface area contributed by atoms with Gasteiger partial charge >= 0.3 is 0 Å². The Morgan fingerprint density at radius 1 is 1.16 bits per heavy atom. The van der Waals surface area contributed by atoms with Crippen molar-refractivity contribution in [1.29, 1.82) is 0 Å². The highest BCUT2D eigenvalue weighted by molar-refractivity contribution is 6.31. The molecule has 0 bridgehead atoms. The number of amides is 1. The fraction of sp³-hybridized carbons (Fsp3) is 0.250. The predicted molar refractivity (Wildman–Crippen MR) is 103 cm³/mol. The molecular formula is C20H22ClN3O. The van der Waals surface area contributed by atoms with E-state index in [1.54, 1.807) is 0 Å². The van der Waals surface area contributed by atoms with Crippen molar-refractivity contribution < 1.29 is 4.79 Å². The molecule has 1 unspecified atom stereocenters. The fourth-order valence-electron chi connectivity index (χ4n) is 2.89. The Balaban J connectivity index is 1.73. The van der Waals surface area contributed by atoms with Crippen molar-refractivity contribution in [3.05, 3.63) is 70.4 Å². The van der Waals surface area contributed by atoms with Gasteiger partial charge in [0.25, 0.3) is 5.91 Å². The zero-order valence-corrected chi connectivity index (χ0v) is 15.4. The number of fused-ring (bicyclic) bond motifs is 1. The number of aromatic nitrogens is 1. The molecule has 0 radical (unpaired) electrons. The third-order valence-electron chi connectivity index (χ3n) is 4.37. The van der Waals surface area contributed by atoms with Crippen LogP contribution >= 0.6 is 11.6 Å². The number of carbonyl (C=O) groups excluding carboxylic acids is 1. The molecule has 5 heteroatoms. The number of hydrogen-bond acceptors (Lipinski definition) is 2. The molecule has 130 valence electrons. The van der Waals surface area contributed by atoms with Gasteiger partial charge in [-0.1, -0.05) is 47.5 Å². The van der Waals surface area contributed by atoms with Crippen molar-refractivity contribution in [2.24, 2.45) is 0 Å². The Labute approximate surface area is 152 Å². The smallest absolute Gasteiger partial charge is 0.267 e. The van der Waals surface area contributed by atoms with E-state index in [2.05, 4.69) is 46.4 Å². The number of nitrogens with zero attached hydrogens (tertiary/aromatic N) is 1. The van der Waals surface area contributed by atoms with E-state index in [1.165, 1.54) is 11.1 Å². The van der Waals surface area contributed by atoms with Crippen LogP contribution in [0.15, 0.2) is 48.5 Å². The van der Waals surface area contributed by atoms with E-state index in [-0.39, 0.29) is 11.9 Å². The average molecular weight is 356 g/mol. The molecule has 3 aromatic rings. The number of aromatic amines is 1. The normalized spacial score (nSPS) is 12.5. The summed E-state index contributed by atoms with van der Waals surface area (Å²) in [5.74, 6) is -0.119. The van der Waals surface area contributed by atoms with E-state index >= 15 is 0 Å². The first kappa shape index (κ1) is 17.5. The van der Waals surface area contributed by atoms with Crippen LogP contribution in [0.25, 0.3) is 10.9 Å². The second-order valence-electron chi connectivity index (χ2n) is 6.51. The monoisotopic (exact) mass is 355 g/mol. The SMILES string of the molecule is Cc1ccc(C(CNC(=O)c2cc3ccc(Cl)cc3[nH]2)N(C)C)cc1. The van der Waals surface area contributed by atoms with Crippen molar-refractivity contribution in [3.8, 4) is 0 Å². The highest BCUT2D eigenvalue weighted by Crippen LogP contribution is 2.21. The molecule has 1 atom stereocenters. The van der Waals surface area contributed by atoms with E-state index < -0.39 is 0 Å². The van der Waals surface area contributed by atoms with Crippen LogP contribution in [-0.2, 0) is 0 Å². The number of carbonyl (C=O) groups is 1. The summed E-state index contributed by atoms with van der Waals surface area (Å²) in [7, 11) is 4.03. The molecule has 0 aliphatic carbocycles. The maximum Gasteiger partial charge on any atom is 0.267 e. The van der Waals surface area contributed by atoms with Crippen LogP contribution < -0.4 is 5.32 Å². The lowest BCUT2D eigenvalue weighted by atomic mass is 10.0. The number of likely N-dealkylation sites (N-methyl/N-ethyl adjacent to an activating group) is 1. The minimum atomic E-state index is -0.119. The van der Waals surface area contributed by atoms with Gasteiger partial charge in [0.15, 0.2) is 0 Å². The lowest BCUT2D eigenvalue weighted by molar-refractivity contribution is 0.0937. The Morgan fingerprint density at radius 3 is 2.56 bits per heavy atom. The molecule has 1 heterocycles. The Hall–Kier alpha value is -2.30. The van der Waals surface area contributed by atoms with Crippen LogP contribution in [0.4, 0.5) is 0 Å². The van der Waals surface area contributed by atoms with Gasteiger partial charge in [0.2, 0.25) is 0 Å². The number of nitrogens with one attached hydrogen (secondary N) is 2. The quantitative estimate of drug-likeness (QED) is 0.721. The predicted octanol–water partition coefficient (Wildman–Crippen LogP) is 4.16. The number of H-pyrrole nitrogens is 1. The molecule has 1 amide bonds. The third kappa shape index (κ3) is 4.03. The van der Waals surface area contributed by atoms with E-state index in [0.717, 1.165) is 10.9 Å². The zero-order valence-electron chi connectivity index (χ0n) is 14.6. The summed E-state index contributed by atoms with van der Waals surface area (Å²) in [5, 5.41) is 4.64. The topological polar surface area (TPSA) is 48.1 Å². The molecule has 0 fully saturated rings. The summed E-state index contributed by atoms with van der Waals surface area (Å²) in [6.07, 6.45) is 0. The summed E-state index contributed by atoms with van der Waals surface area (Å²) >= 11 is 6.00. The summed E-state index contributed by atoms with van der Waals surface area (Å²) in [5.41, 5.74) is 3.81. The highest BCUT2D eigenvalue weighted by atomic mass is 35.5. The van der Waals surface area contributed by atoms with Crippen LogP contribution in [0.5, 0.6) is 0 Å². The minimum absolute atomic E-state index is 0.114. The lowest BCUT2D eigenvalue weighted by Crippen LogP contribution is -2.34. The van der Waals surface area contributed by atoms with E-state index in [9.17, 15) is 4.79 Å². The summed E-state index contributed by atoms with van der Waals surface area (Å²) in [6, 6.07) is 15.9. The molecule has 2 aromatic carbocycles. The first-order valence-electron chi connectivity index (χ1n) is 8.23. The second kappa shape index (κ2) is 7.30. The molecule has 1 aromatic heterocycles. The maximum atomic E-state index is 12.5. The van der Waals surface area contributed by atoms with Gasteiger partial charge in [0.1, 0.15) is 5.69 Å². The van der Waals surface area contributed by atoms with Gasteiger partial charge in [-0.2, -0.15) is 0 Å². The number of rotatable bonds is 5. The molecule has 4 nitrogen and oxygen atoms in total. The van der Waals surface area contributed by atoms with Gasteiger partial charge in [-0.15, -0.1) is 0 Å². The average Bonchev–Trinajstić information content (AvgIpc) is 2.99. The number of benzene rings is 2. The van der Waals surface area contributed by atoms with Gasteiger partial charge in [-0.3, -0.25) is 4.79 Å². The molecule has 0 saturated carbocycles. The molecule has 0 aliphatic heterocycles.